The number of ether oxygens (including phenoxy) is 1. The van der Waals surface area contributed by atoms with E-state index in [9.17, 15) is 9.59 Å². The van der Waals surface area contributed by atoms with Crippen molar-refractivity contribution in [3.05, 3.63) is 12.2 Å². The van der Waals surface area contributed by atoms with Crippen LogP contribution in [-0.4, -0.2) is 17.9 Å². The molecule has 0 aliphatic rings. The SMILES string of the molecule is CCCCC(=O)/C=C\C(=O)OC(C)C. The number of allylic oxidation sites excluding steroid dienone is 1. The second-order valence-corrected chi connectivity index (χ2v) is 3.39. The number of hydrogen-bond acceptors (Lipinski definition) is 3. The summed E-state index contributed by atoms with van der Waals surface area (Å²) in [6.07, 6.45) is 4.69. The van der Waals surface area contributed by atoms with Crippen molar-refractivity contribution in [3.8, 4) is 0 Å². The zero-order valence-electron chi connectivity index (χ0n) is 9.08. The van der Waals surface area contributed by atoms with E-state index in [1.54, 1.807) is 13.8 Å². The number of carbonyl (C=O) groups is 2. The summed E-state index contributed by atoms with van der Waals surface area (Å²) in [5.41, 5.74) is 0. The average Bonchev–Trinajstić information content (AvgIpc) is 2.10. The van der Waals surface area contributed by atoms with E-state index >= 15 is 0 Å². The monoisotopic (exact) mass is 198 g/mol. The minimum atomic E-state index is -0.454. The third-order valence-corrected chi connectivity index (χ3v) is 1.53. The van der Waals surface area contributed by atoms with Gasteiger partial charge in [-0.25, -0.2) is 4.79 Å². The lowest BCUT2D eigenvalue weighted by molar-refractivity contribution is -0.141. The van der Waals surface area contributed by atoms with Gasteiger partial charge in [0.2, 0.25) is 0 Å². The van der Waals surface area contributed by atoms with E-state index in [1.165, 1.54) is 12.2 Å². The Labute approximate surface area is 85.1 Å². The van der Waals surface area contributed by atoms with Gasteiger partial charge in [0.05, 0.1) is 6.10 Å². The highest BCUT2D eigenvalue weighted by atomic mass is 16.5. The highest BCUT2D eigenvalue weighted by Gasteiger charge is 2.01. The van der Waals surface area contributed by atoms with E-state index in [-0.39, 0.29) is 11.9 Å². The van der Waals surface area contributed by atoms with Crippen molar-refractivity contribution < 1.29 is 14.3 Å². The summed E-state index contributed by atoms with van der Waals surface area (Å²) in [6, 6.07) is 0. The molecule has 0 aliphatic heterocycles. The molecule has 0 spiro atoms. The van der Waals surface area contributed by atoms with Crippen LogP contribution in [0, 0.1) is 0 Å². The fourth-order valence-electron chi connectivity index (χ4n) is 0.867. The first-order valence-corrected chi connectivity index (χ1v) is 4.97. The maximum Gasteiger partial charge on any atom is 0.331 e. The Balaban J connectivity index is 3.79. The molecule has 14 heavy (non-hydrogen) atoms. The molecule has 80 valence electrons. The van der Waals surface area contributed by atoms with Crippen LogP contribution >= 0.6 is 0 Å². The molecule has 3 nitrogen and oxygen atoms in total. The predicted octanol–water partition coefficient (Wildman–Crippen LogP) is 2.25. The molecule has 0 radical (unpaired) electrons. The third-order valence-electron chi connectivity index (χ3n) is 1.53. The van der Waals surface area contributed by atoms with Gasteiger partial charge in [-0.1, -0.05) is 13.3 Å². The lowest BCUT2D eigenvalue weighted by Crippen LogP contribution is -2.08. The molecule has 3 heteroatoms. The fourth-order valence-corrected chi connectivity index (χ4v) is 0.867. The topological polar surface area (TPSA) is 43.4 Å². The Kier molecular flexibility index (Phi) is 6.72. The summed E-state index contributed by atoms with van der Waals surface area (Å²) in [6.45, 7) is 5.55. The summed E-state index contributed by atoms with van der Waals surface area (Å²) in [5, 5.41) is 0. The first-order chi connectivity index (χ1) is 6.56. The number of esters is 1. The molecule has 0 unspecified atom stereocenters. The quantitative estimate of drug-likeness (QED) is 0.485. The lowest BCUT2D eigenvalue weighted by Gasteiger charge is -2.03. The molecule has 0 aromatic heterocycles. The molecular weight excluding hydrogens is 180 g/mol. The van der Waals surface area contributed by atoms with Gasteiger partial charge in [0.15, 0.2) is 5.78 Å². The van der Waals surface area contributed by atoms with Crippen molar-refractivity contribution in [2.45, 2.75) is 46.1 Å². The molecule has 0 fully saturated rings. The van der Waals surface area contributed by atoms with Crippen LogP contribution in [0.3, 0.4) is 0 Å². The third kappa shape index (κ3) is 7.53. The highest BCUT2D eigenvalue weighted by Crippen LogP contribution is 1.97. The second kappa shape index (κ2) is 7.30. The van der Waals surface area contributed by atoms with Crippen LogP contribution in [0.15, 0.2) is 12.2 Å². The van der Waals surface area contributed by atoms with Crippen LogP contribution in [0.4, 0.5) is 0 Å². The summed E-state index contributed by atoms with van der Waals surface area (Å²) >= 11 is 0. The summed E-state index contributed by atoms with van der Waals surface area (Å²) < 4.78 is 4.83. The van der Waals surface area contributed by atoms with Crippen molar-refractivity contribution in [1.29, 1.82) is 0 Å². The van der Waals surface area contributed by atoms with Gasteiger partial charge in [-0.2, -0.15) is 0 Å². The Bertz CT molecular complexity index is 217. The minimum Gasteiger partial charge on any atom is -0.460 e. The Hall–Kier alpha value is -1.12. The largest absolute Gasteiger partial charge is 0.460 e. The maximum absolute atomic E-state index is 11.1. The van der Waals surface area contributed by atoms with Gasteiger partial charge in [0.25, 0.3) is 0 Å². The van der Waals surface area contributed by atoms with E-state index in [0.29, 0.717) is 6.42 Å². The number of hydrogen-bond donors (Lipinski definition) is 0. The molecular formula is C11H18O3. The Morgan fingerprint density at radius 3 is 2.43 bits per heavy atom. The van der Waals surface area contributed by atoms with Crippen molar-refractivity contribution in [3.63, 3.8) is 0 Å². The van der Waals surface area contributed by atoms with E-state index < -0.39 is 5.97 Å². The number of carbonyl (C=O) groups excluding carboxylic acids is 2. The van der Waals surface area contributed by atoms with Gasteiger partial charge in [-0.3, -0.25) is 4.79 Å². The van der Waals surface area contributed by atoms with Gasteiger partial charge >= 0.3 is 5.97 Å². The molecule has 0 saturated heterocycles. The first-order valence-electron chi connectivity index (χ1n) is 4.97. The summed E-state index contributed by atoms with van der Waals surface area (Å²) in [5.74, 6) is -0.475. The van der Waals surface area contributed by atoms with E-state index in [0.717, 1.165) is 12.8 Å². The van der Waals surface area contributed by atoms with Gasteiger partial charge < -0.3 is 4.74 Å². The molecule has 0 heterocycles. The first kappa shape index (κ1) is 12.9. The standard InChI is InChI=1S/C11H18O3/c1-4-5-6-10(12)7-8-11(13)14-9(2)3/h7-9H,4-6H2,1-3H3/b8-7-. The molecule has 0 amide bonds. The van der Waals surface area contributed by atoms with Crippen LogP contribution in [0.25, 0.3) is 0 Å². The number of ketones is 1. The van der Waals surface area contributed by atoms with Crippen LogP contribution < -0.4 is 0 Å². The lowest BCUT2D eigenvalue weighted by atomic mass is 10.2. The Morgan fingerprint density at radius 2 is 1.93 bits per heavy atom. The predicted molar refractivity (Wildman–Crippen MR) is 54.9 cm³/mol. The average molecular weight is 198 g/mol. The van der Waals surface area contributed by atoms with Gasteiger partial charge in [0.1, 0.15) is 0 Å². The van der Waals surface area contributed by atoms with E-state index in [4.69, 9.17) is 4.74 Å². The van der Waals surface area contributed by atoms with E-state index in [1.807, 2.05) is 6.92 Å². The van der Waals surface area contributed by atoms with Crippen molar-refractivity contribution in [2.75, 3.05) is 0 Å². The molecule has 0 bridgehead atoms. The molecule has 0 saturated carbocycles. The summed E-state index contributed by atoms with van der Waals surface area (Å²) in [4.78, 5) is 22.1. The zero-order valence-corrected chi connectivity index (χ0v) is 9.08. The Morgan fingerprint density at radius 1 is 1.29 bits per heavy atom. The van der Waals surface area contributed by atoms with Crippen LogP contribution in [-0.2, 0) is 14.3 Å². The van der Waals surface area contributed by atoms with Crippen molar-refractivity contribution >= 4 is 11.8 Å². The highest BCUT2D eigenvalue weighted by molar-refractivity contribution is 5.95. The number of unbranched alkanes of at least 4 members (excludes halogenated alkanes) is 1. The van der Waals surface area contributed by atoms with Crippen LogP contribution in [0.5, 0.6) is 0 Å². The maximum atomic E-state index is 11.1. The normalized spacial score (nSPS) is 10.9. The summed E-state index contributed by atoms with van der Waals surface area (Å²) in [7, 11) is 0. The smallest absolute Gasteiger partial charge is 0.331 e. The van der Waals surface area contributed by atoms with Gasteiger partial charge in [-0.05, 0) is 26.3 Å². The van der Waals surface area contributed by atoms with Crippen LogP contribution in [0.2, 0.25) is 0 Å². The van der Waals surface area contributed by atoms with Crippen molar-refractivity contribution in [1.82, 2.24) is 0 Å². The molecule has 0 aliphatic carbocycles. The molecule has 0 rings (SSSR count). The fraction of sp³-hybridized carbons (Fsp3) is 0.636. The second-order valence-electron chi connectivity index (χ2n) is 3.39. The van der Waals surface area contributed by atoms with Gasteiger partial charge in [-0.15, -0.1) is 0 Å². The van der Waals surface area contributed by atoms with Crippen molar-refractivity contribution in [2.24, 2.45) is 0 Å². The van der Waals surface area contributed by atoms with E-state index in [2.05, 4.69) is 0 Å². The molecule has 0 N–H and O–H groups in total. The molecule has 0 atom stereocenters. The zero-order chi connectivity index (χ0) is 11.0. The molecule has 0 aromatic carbocycles. The van der Waals surface area contributed by atoms with Gasteiger partial charge in [0, 0.05) is 12.5 Å². The number of rotatable bonds is 6. The minimum absolute atomic E-state index is 0.0208. The van der Waals surface area contributed by atoms with Crippen LogP contribution in [0.1, 0.15) is 40.0 Å². The molecule has 0 aromatic rings.